The minimum absolute atomic E-state index is 0.167. The maximum atomic E-state index is 12.5. The summed E-state index contributed by atoms with van der Waals surface area (Å²) < 4.78 is 66.9. The van der Waals surface area contributed by atoms with Gasteiger partial charge in [-0.05, 0) is 0 Å². The molecular formula is C9H6F5NO2. The van der Waals surface area contributed by atoms with E-state index in [4.69, 9.17) is 0 Å². The largest absolute Gasteiger partial charge is 0.481 e. The van der Waals surface area contributed by atoms with Gasteiger partial charge < -0.3 is 4.74 Å². The third-order valence-corrected chi connectivity index (χ3v) is 1.91. The Morgan fingerprint density at radius 3 is 2.35 bits per heavy atom. The predicted octanol–water partition coefficient (Wildman–Crippen LogP) is 2.86. The number of halogens is 5. The molecule has 0 aliphatic carbocycles. The van der Waals surface area contributed by atoms with E-state index in [-0.39, 0.29) is 6.29 Å². The first-order valence-corrected chi connectivity index (χ1v) is 4.20. The fraction of sp³-hybridized carbons (Fsp3) is 0.333. The molecule has 0 amide bonds. The molecular weight excluding hydrogens is 249 g/mol. The number of hydrogen-bond donors (Lipinski definition) is 0. The van der Waals surface area contributed by atoms with Crippen LogP contribution in [-0.4, -0.2) is 18.4 Å². The van der Waals surface area contributed by atoms with Crippen molar-refractivity contribution in [2.45, 2.75) is 12.6 Å². The molecule has 0 radical (unpaired) electrons. The van der Waals surface area contributed by atoms with E-state index in [2.05, 4.69) is 9.72 Å². The monoisotopic (exact) mass is 255 g/mol. The number of hydrogen-bond acceptors (Lipinski definition) is 3. The van der Waals surface area contributed by atoms with Crippen molar-refractivity contribution in [3.63, 3.8) is 0 Å². The topological polar surface area (TPSA) is 39.2 Å². The van der Waals surface area contributed by atoms with Crippen molar-refractivity contribution in [1.82, 2.24) is 4.98 Å². The van der Waals surface area contributed by atoms with Crippen LogP contribution in [0.4, 0.5) is 22.0 Å². The Balaban J connectivity index is 3.58. The van der Waals surface area contributed by atoms with Gasteiger partial charge in [-0.1, -0.05) is 0 Å². The van der Waals surface area contributed by atoms with Crippen LogP contribution in [0.5, 0.6) is 5.88 Å². The Labute approximate surface area is 92.2 Å². The molecule has 0 saturated heterocycles. The smallest absolute Gasteiger partial charge is 0.417 e. The molecule has 0 atom stereocenters. The van der Waals surface area contributed by atoms with Gasteiger partial charge in [-0.25, -0.2) is 13.8 Å². The van der Waals surface area contributed by atoms with Crippen molar-refractivity contribution in [1.29, 1.82) is 0 Å². The van der Waals surface area contributed by atoms with E-state index in [1.54, 1.807) is 0 Å². The van der Waals surface area contributed by atoms with Crippen LogP contribution in [0.25, 0.3) is 0 Å². The lowest BCUT2D eigenvalue weighted by Gasteiger charge is -2.14. The lowest BCUT2D eigenvalue weighted by molar-refractivity contribution is -0.139. The van der Waals surface area contributed by atoms with Crippen LogP contribution in [0.2, 0.25) is 0 Å². The van der Waals surface area contributed by atoms with Crippen molar-refractivity contribution in [2.75, 3.05) is 7.11 Å². The van der Waals surface area contributed by atoms with Crippen LogP contribution in [0.15, 0.2) is 6.07 Å². The number of aromatic nitrogens is 1. The first kappa shape index (κ1) is 13.3. The van der Waals surface area contributed by atoms with Gasteiger partial charge in [0.25, 0.3) is 6.43 Å². The van der Waals surface area contributed by atoms with Crippen LogP contribution >= 0.6 is 0 Å². The van der Waals surface area contributed by atoms with Crippen LogP contribution in [0.3, 0.4) is 0 Å². The van der Waals surface area contributed by atoms with Crippen LogP contribution in [0.1, 0.15) is 28.0 Å². The summed E-state index contributed by atoms with van der Waals surface area (Å²) in [6, 6.07) is 0.328. The summed E-state index contributed by atoms with van der Waals surface area (Å²) in [6.07, 6.45) is -8.64. The number of carbonyl (C=O) groups excluding carboxylic acids is 1. The Morgan fingerprint density at radius 1 is 1.41 bits per heavy atom. The maximum Gasteiger partial charge on any atom is 0.417 e. The molecule has 0 aromatic carbocycles. The number of aldehydes is 1. The van der Waals surface area contributed by atoms with E-state index >= 15 is 0 Å². The van der Waals surface area contributed by atoms with E-state index in [0.717, 1.165) is 7.11 Å². The normalized spacial score (nSPS) is 11.7. The van der Waals surface area contributed by atoms with Gasteiger partial charge in [0, 0.05) is 6.07 Å². The van der Waals surface area contributed by atoms with Gasteiger partial charge in [-0.2, -0.15) is 13.2 Å². The SMILES string of the molecule is COc1cc(C(F)(F)F)c(C(F)F)c(C=O)n1. The molecule has 1 rings (SSSR count). The van der Waals surface area contributed by atoms with E-state index < -0.39 is 35.3 Å². The number of methoxy groups -OCH3 is 1. The highest BCUT2D eigenvalue weighted by atomic mass is 19.4. The molecule has 3 nitrogen and oxygen atoms in total. The Kier molecular flexibility index (Phi) is 3.64. The molecule has 17 heavy (non-hydrogen) atoms. The zero-order valence-electron chi connectivity index (χ0n) is 8.39. The average molecular weight is 255 g/mol. The fourth-order valence-electron chi connectivity index (χ4n) is 1.21. The van der Waals surface area contributed by atoms with Gasteiger partial charge >= 0.3 is 6.18 Å². The summed E-state index contributed by atoms with van der Waals surface area (Å²) in [7, 11) is 1.01. The van der Waals surface area contributed by atoms with Crippen LogP contribution < -0.4 is 4.74 Å². The molecule has 94 valence electrons. The average Bonchev–Trinajstić information content (AvgIpc) is 2.25. The van der Waals surface area contributed by atoms with Crippen molar-refractivity contribution in [3.05, 3.63) is 22.9 Å². The zero-order valence-corrected chi connectivity index (χ0v) is 8.39. The number of ether oxygens (including phenoxy) is 1. The minimum Gasteiger partial charge on any atom is -0.481 e. The van der Waals surface area contributed by atoms with Gasteiger partial charge in [0.05, 0.1) is 18.2 Å². The van der Waals surface area contributed by atoms with Crippen LogP contribution in [-0.2, 0) is 6.18 Å². The van der Waals surface area contributed by atoms with E-state index in [1.807, 2.05) is 0 Å². The first-order chi connectivity index (χ1) is 7.81. The lowest BCUT2D eigenvalue weighted by Crippen LogP contribution is -2.14. The molecule has 0 fully saturated rings. The Morgan fingerprint density at radius 2 is 2.00 bits per heavy atom. The number of rotatable bonds is 3. The maximum absolute atomic E-state index is 12.5. The van der Waals surface area contributed by atoms with Gasteiger partial charge in [0.15, 0.2) is 6.29 Å². The molecule has 0 aliphatic heterocycles. The number of alkyl halides is 5. The summed E-state index contributed by atoms with van der Waals surface area (Å²) in [6.45, 7) is 0. The number of carbonyl (C=O) groups is 1. The van der Waals surface area contributed by atoms with Crippen molar-refractivity contribution >= 4 is 6.29 Å². The summed E-state index contributed by atoms with van der Waals surface area (Å²) in [5.74, 6) is -0.552. The number of pyridine rings is 1. The van der Waals surface area contributed by atoms with Gasteiger partial charge in [0.2, 0.25) is 5.88 Å². The molecule has 0 saturated carbocycles. The summed E-state index contributed by atoms with van der Waals surface area (Å²) in [5, 5.41) is 0. The molecule has 8 heteroatoms. The minimum atomic E-state index is -5.01. The third-order valence-electron chi connectivity index (χ3n) is 1.91. The van der Waals surface area contributed by atoms with Crippen molar-refractivity contribution in [3.8, 4) is 5.88 Å². The van der Waals surface area contributed by atoms with Gasteiger partial charge in [-0.3, -0.25) is 4.79 Å². The third kappa shape index (κ3) is 2.69. The van der Waals surface area contributed by atoms with E-state index in [0.29, 0.717) is 6.07 Å². The molecule has 1 aromatic heterocycles. The van der Waals surface area contributed by atoms with E-state index in [9.17, 15) is 26.7 Å². The fourth-order valence-corrected chi connectivity index (χ4v) is 1.21. The highest BCUT2D eigenvalue weighted by Crippen LogP contribution is 2.38. The van der Waals surface area contributed by atoms with Crippen molar-refractivity contribution in [2.24, 2.45) is 0 Å². The molecule has 0 spiro atoms. The lowest BCUT2D eigenvalue weighted by atomic mass is 10.1. The second kappa shape index (κ2) is 4.64. The van der Waals surface area contributed by atoms with Crippen LogP contribution in [0, 0.1) is 0 Å². The zero-order chi connectivity index (χ0) is 13.2. The predicted molar refractivity (Wildman–Crippen MR) is 46.1 cm³/mol. The van der Waals surface area contributed by atoms with Gasteiger partial charge in [0.1, 0.15) is 5.69 Å². The Bertz CT molecular complexity index is 430. The Hall–Kier alpha value is -1.73. The van der Waals surface area contributed by atoms with Gasteiger partial charge in [-0.15, -0.1) is 0 Å². The molecule has 0 aliphatic rings. The molecule has 0 N–H and O–H groups in total. The number of nitrogens with zero attached hydrogens (tertiary/aromatic N) is 1. The van der Waals surface area contributed by atoms with E-state index in [1.165, 1.54) is 0 Å². The highest BCUT2D eigenvalue weighted by Gasteiger charge is 2.38. The first-order valence-electron chi connectivity index (χ1n) is 4.20. The highest BCUT2D eigenvalue weighted by molar-refractivity contribution is 5.75. The van der Waals surface area contributed by atoms with Crippen molar-refractivity contribution < 1.29 is 31.5 Å². The molecule has 1 aromatic rings. The standard InChI is InChI=1S/C9H6F5NO2/c1-17-6-2-4(9(12,13)14)7(8(10)11)5(3-16)15-6/h2-3,8H,1H3. The molecule has 0 unspecified atom stereocenters. The summed E-state index contributed by atoms with van der Waals surface area (Å²) in [4.78, 5) is 13.7. The molecule has 1 heterocycles. The second-order valence-electron chi connectivity index (χ2n) is 2.93. The second-order valence-corrected chi connectivity index (χ2v) is 2.93. The summed E-state index contributed by atoms with van der Waals surface area (Å²) in [5.41, 5.74) is -4.04. The quantitative estimate of drug-likeness (QED) is 0.615. The molecule has 0 bridgehead atoms. The summed E-state index contributed by atoms with van der Waals surface area (Å²) >= 11 is 0.